The van der Waals surface area contributed by atoms with E-state index in [0.717, 1.165) is 0 Å². The number of phenolic OH excluding ortho intramolecular Hbond substituents is 2. The number of phenols is 2. The molecule has 122 valence electrons. The molecule has 0 atom stereocenters. The molecule has 6 nitrogen and oxygen atoms in total. The summed E-state index contributed by atoms with van der Waals surface area (Å²) >= 11 is 1.34. The minimum atomic E-state index is 0.0999. The topological polar surface area (TPSA) is 84.7 Å². The van der Waals surface area contributed by atoms with Gasteiger partial charge in [0, 0.05) is 12.1 Å². The molecule has 0 bridgehead atoms. The molecule has 3 aromatic rings. The third kappa shape index (κ3) is 4.08. The van der Waals surface area contributed by atoms with Crippen molar-refractivity contribution in [3.63, 3.8) is 0 Å². The van der Waals surface area contributed by atoms with Crippen LogP contribution < -0.4 is 9.47 Å². The van der Waals surface area contributed by atoms with Gasteiger partial charge in [0.15, 0.2) is 5.16 Å². The SMILES string of the molecule is CSc1nc(Oc2cccc(O)c2)cc(Oc2cccc(O)c2)n1. The smallest absolute Gasteiger partial charge is 0.227 e. The Labute approximate surface area is 142 Å². The molecule has 1 aromatic heterocycles. The van der Waals surface area contributed by atoms with Gasteiger partial charge in [0.05, 0.1) is 6.07 Å². The van der Waals surface area contributed by atoms with E-state index in [2.05, 4.69) is 9.97 Å². The van der Waals surface area contributed by atoms with Crippen molar-refractivity contribution >= 4 is 11.8 Å². The van der Waals surface area contributed by atoms with Crippen LogP contribution in [0.2, 0.25) is 0 Å². The number of aromatic nitrogens is 2. The predicted octanol–water partition coefficient (Wildman–Crippen LogP) is 4.19. The molecule has 0 amide bonds. The zero-order valence-electron chi connectivity index (χ0n) is 12.7. The van der Waals surface area contributed by atoms with Crippen LogP contribution >= 0.6 is 11.8 Å². The molecule has 0 fully saturated rings. The molecule has 2 aromatic carbocycles. The van der Waals surface area contributed by atoms with E-state index in [1.54, 1.807) is 36.4 Å². The number of ether oxygens (including phenoxy) is 2. The molecule has 7 heteroatoms. The summed E-state index contributed by atoms with van der Waals surface area (Å²) in [5, 5.41) is 19.5. The molecule has 3 rings (SSSR count). The van der Waals surface area contributed by atoms with Gasteiger partial charge >= 0.3 is 0 Å². The summed E-state index contributed by atoms with van der Waals surface area (Å²) in [5.74, 6) is 1.67. The molecule has 1 heterocycles. The highest BCUT2D eigenvalue weighted by Gasteiger charge is 2.09. The first-order valence-corrected chi connectivity index (χ1v) is 8.22. The lowest BCUT2D eigenvalue weighted by Crippen LogP contribution is -1.95. The van der Waals surface area contributed by atoms with E-state index >= 15 is 0 Å². The maximum Gasteiger partial charge on any atom is 0.227 e. The van der Waals surface area contributed by atoms with Crippen LogP contribution in [-0.2, 0) is 0 Å². The quantitative estimate of drug-likeness (QED) is 0.531. The van der Waals surface area contributed by atoms with E-state index in [1.165, 1.54) is 30.0 Å². The summed E-state index contributed by atoms with van der Waals surface area (Å²) in [7, 11) is 0. The second kappa shape index (κ2) is 7.10. The highest BCUT2D eigenvalue weighted by Crippen LogP contribution is 2.30. The summed E-state index contributed by atoms with van der Waals surface area (Å²) in [6.07, 6.45) is 1.84. The fourth-order valence-electron chi connectivity index (χ4n) is 1.92. The summed E-state index contributed by atoms with van der Waals surface area (Å²) in [4.78, 5) is 8.51. The number of thioether (sulfide) groups is 1. The van der Waals surface area contributed by atoms with Crippen molar-refractivity contribution in [3.8, 4) is 34.8 Å². The molecule has 0 radical (unpaired) electrons. The van der Waals surface area contributed by atoms with Gasteiger partial charge in [0.2, 0.25) is 11.8 Å². The number of rotatable bonds is 5. The van der Waals surface area contributed by atoms with Crippen molar-refractivity contribution in [3.05, 3.63) is 54.6 Å². The lowest BCUT2D eigenvalue weighted by atomic mass is 10.3. The Balaban J connectivity index is 1.87. The van der Waals surface area contributed by atoms with E-state index in [9.17, 15) is 10.2 Å². The van der Waals surface area contributed by atoms with Crippen LogP contribution in [0.1, 0.15) is 0 Å². The van der Waals surface area contributed by atoms with Crippen molar-refractivity contribution in [1.29, 1.82) is 0 Å². The van der Waals surface area contributed by atoms with Gasteiger partial charge in [0.1, 0.15) is 23.0 Å². The average molecular weight is 342 g/mol. The molecule has 2 N–H and O–H groups in total. The Morgan fingerprint density at radius 1 is 0.792 bits per heavy atom. The third-order valence-electron chi connectivity index (χ3n) is 2.92. The summed E-state index contributed by atoms with van der Waals surface area (Å²) in [6, 6.07) is 14.4. The van der Waals surface area contributed by atoms with Crippen LogP contribution in [-0.4, -0.2) is 26.4 Å². The molecular formula is C17H14N2O4S. The van der Waals surface area contributed by atoms with Crippen LogP contribution in [0, 0.1) is 0 Å². The van der Waals surface area contributed by atoms with E-state index in [4.69, 9.17) is 9.47 Å². The van der Waals surface area contributed by atoms with Crippen molar-refractivity contribution in [2.45, 2.75) is 5.16 Å². The van der Waals surface area contributed by atoms with Crippen LogP contribution in [0.25, 0.3) is 0 Å². The van der Waals surface area contributed by atoms with Gasteiger partial charge < -0.3 is 19.7 Å². The van der Waals surface area contributed by atoms with Gasteiger partial charge in [-0.1, -0.05) is 23.9 Å². The van der Waals surface area contributed by atoms with Crippen molar-refractivity contribution in [2.75, 3.05) is 6.26 Å². The number of benzene rings is 2. The number of hydrogen-bond acceptors (Lipinski definition) is 7. The Hall–Kier alpha value is -2.93. The Bertz CT molecular complexity index is 792. The largest absolute Gasteiger partial charge is 0.508 e. The molecular weight excluding hydrogens is 328 g/mol. The van der Waals surface area contributed by atoms with Gasteiger partial charge in [-0.15, -0.1) is 0 Å². The average Bonchev–Trinajstić information content (AvgIpc) is 2.54. The van der Waals surface area contributed by atoms with Crippen molar-refractivity contribution in [1.82, 2.24) is 9.97 Å². The fraction of sp³-hybridized carbons (Fsp3) is 0.0588. The van der Waals surface area contributed by atoms with Crippen LogP contribution in [0.5, 0.6) is 34.8 Å². The van der Waals surface area contributed by atoms with Gasteiger partial charge in [0.25, 0.3) is 0 Å². The standard InChI is InChI=1S/C17H14N2O4S/c1-24-17-18-15(22-13-6-2-4-11(20)8-13)10-16(19-17)23-14-7-3-5-12(21)9-14/h2-10,20-21H,1H3. The predicted molar refractivity (Wildman–Crippen MR) is 90.2 cm³/mol. The Morgan fingerprint density at radius 3 is 1.71 bits per heavy atom. The summed E-state index contributed by atoms with van der Waals surface area (Å²) < 4.78 is 11.3. The Morgan fingerprint density at radius 2 is 1.29 bits per heavy atom. The number of hydrogen-bond donors (Lipinski definition) is 2. The molecule has 0 aliphatic heterocycles. The molecule has 0 saturated heterocycles. The molecule has 0 aliphatic carbocycles. The minimum Gasteiger partial charge on any atom is -0.508 e. The first-order valence-electron chi connectivity index (χ1n) is 6.99. The van der Waals surface area contributed by atoms with Gasteiger partial charge in [-0.2, -0.15) is 9.97 Å². The maximum absolute atomic E-state index is 9.50. The molecule has 0 aliphatic rings. The van der Waals surface area contributed by atoms with Gasteiger partial charge in [-0.3, -0.25) is 0 Å². The summed E-state index contributed by atoms with van der Waals surface area (Å²) in [6.45, 7) is 0. The molecule has 24 heavy (non-hydrogen) atoms. The van der Waals surface area contributed by atoms with E-state index in [-0.39, 0.29) is 23.3 Å². The lowest BCUT2D eigenvalue weighted by molar-refractivity contribution is 0.417. The Kier molecular flexibility index (Phi) is 4.72. The highest BCUT2D eigenvalue weighted by molar-refractivity contribution is 7.98. The molecule has 0 spiro atoms. The van der Waals surface area contributed by atoms with Gasteiger partial charge in [-0.25, -0.2) is 0 Å². The van der Waals surface area contributed by atoms with Crippen LogP contribution in [0.4, 0.5) is 0 Å². The van der Waals surface area contributed by atoms with Gasteiger partial charge in [-0.05, 0) is 30.5 Å². The van der Waals surface area contributed by atoms with E-state index in [1.807, 2.05) is 6.26 Å². The maximum atomic E-state index is 9.50. The second-order valence-corrected chi connectivity index (χ2v) is 5.50. The minimum absolute atomic E-state index is 0.0999. The number of aromatic hydroxyl groups is 2. The highest BCUT2D eigenvalue weighted by atomic mass is 32.2. The van der Waals surface area contributed by atoms with Crippen molar-refractivity contribution in [2.24, 2.45) is 0 Å². The van der Waals surface area contributed by atoms with Crippen LogP contribution in [0.15, 0.2) is 59.8 Å². The van der Waals surface area contributed by atoms with E-state index in [0.29, 0.717) is 16.7 Å². The third-order valence-corrected chi connectivity index (χ3v) is 3.47. The van der Waals surface area contributed by atoms with E-state index < -0.39 is 0 Å². The van der Waals surface area contributed by atoms with Crippen molar-refractivity contribution < 1.29 is 19.7 Å². The summed E-state index contributed by atoms with van der Waals surface area (Å²) in [5.41, 5.74) is 0. The molecule has 0 unspecified atom stereocenters. The normalized spacial score (nSPS) is 10.4. The number of nitrogens with zero attached hydrogens (tertiary/aromatic N) is 2. The zero-order chi connectivity index (χ0) is 16.9. The first kappa shape index (κ1) is 15.9. The first-order chi connectivity index (χ1) is 11.6. The van der Waals surface area contributed by atoms with Crippen LogP contribution in [0.3, 0.4) is 0 Å². The molecule has 0 saturated carbocycles. The second-order valence-electron chi connectivity index (χ2n) is 4.73. The monoisotopic (exact) mass is 342 g/mol. The zero-order valence-corrected chi connectivity index (χ0v) is 13.5. The lowest BCUT2D eigenvalue weighted by Gasteiger charge is -2.09. The fourth-order valence-corrected chi connectivity index (χ4v) is 2.28.